The van der Waals surface area contributed by atoms with Crippen LogP contribution in [-0.4, -0.2) is 4.19 Å². The van der Waals surface area contributed by atoms with Crippen LogP contribution in [0.2, 0.25) is 0 Å². The maximum atomic E-state index is 8.69. The summed E-state index contributed by atoms with van der Waals surface area (Å²) in [7, 11) is 0. The molecule has 0 aromatic heterocycles. The van der Waals surface area contributed by atoms with E-state index in [1.54, 1.807) is 0 Å². The van der Waals surface area contributed by atoms with Gasteiger partial charge in [-0.1, -0.05) is 0 Å². The van der Waals surface area contributed by atoms with Crippen molar-refractivity contribution in [1.29, 1.82) is 0 Å². The molecule has 0 unspecified atom stereocenters. The summed E-state index contributed by atoms with van der Waals surface area (Å²) in [6.07, 6.45) is 0. The molecular weight excluding hydrogens is 142 g/mol. The third kappa shape index (κ3) is 94.9. The van der Waals surface area contributed by atoms with Gasteiger partial charge < -0.3 is 1.43 Å². The zero-order valence-electron chi connectivity index (χ0n) is 4.05. The van der Waals surface area contributed by atoms with Crippen molar-refractivity contribution in [3.63, 3.8) is 0 Å². The molecule has 6 heteroatoms. The molecule has 0 aromatic carbocycles. The van der Waals surface area contributed by atoms with Crippen LogP contribution in [0.4, 0.5) is 0 Å². The average molecular weight is 144 g/mol. The predicted molar refractivity (Wildman–Crippen MR) is 5.39 cm³/mol. The molecule has 0 bridgehead atoms. The Labute approximate surface area is 59.5 Å². The zero-order chi connectivity index (χ0) is 4.50. The molecular formula is H2MnNaO4. The molecule has 0 aliphatic rings. The van der Waals surface area contributed by atoms with Crippen LogP contribution in [0.15, 0.2) is 0 Å². The van der Waals surface area contributed by atoms with Gasteiger partial charge in [0.1, 0.15) is 0 Å². The summed E-state index contributed by atoms with van der Waals surface area (Å²) < 4.78 is 33.1. The predicted octanol–water partition coefficient (Wildman–Crippen LogP) is -3.80. The summed E-state index contributed by atoms with van der Waals surface area (Å²) >= 11 is -5.38. The van der Waals surface area contributed by atoms with Crippen molar-refractivity contribution in [2.45, 2.75) is 0 Å². The molecule has 0 aromatic rings. The summed E-state index contributed by atoms with van der Waals surface area (Å²) in [6.45, 7) is 0. The van der Waals surface area contributed by atoms with Gasteiger partial charge in [-0.2, -0.15) is 0 Å². The summed E-state index contributed by atoms with van der Waals surface area (Å²) in [5.74, 6) is 0. The van der Waals surface area contributed by atoms with Crippen LogP contribution in [0.1, 0.15) is 1.43 Å². The van der Waals surface area contributed by atoms with Gasteiger partial charge in [0, 0.05) is 0 Å². The normalized spacial score (nSPS) is 9.50. The van der Waals surface area contributed by atoms with E-state index in [0.717, 1.165) is 0 Å². The molecule has 0 atom stereocenters. The van der Waals surface area contributed by atoms with Crippen LogP contribution >= 0.6 is 0 Å². The van der Waals surface area contributed by atoms with Crippen molar-refractivity contribution >= 4 is 0 Å². The van der Waals surface area contributed by atoms with Crippen molar-refractivity contribution in [2.75, 3.05) is 0 Å². The molecule has 0 aliphatic carbocycles. The Hall–Kier alpha value is 0.879. The fourth-order valence-corrected chi connectivity index (χ4v) is 0. The Morgan fingerprint density at radius 1 is 1.33 bits per heavy atom. The molecule has 0 aliphatic heterocycles. The molecule has 0 spiro atoms. The van der Waals surface area contributed by atoms with E-state index in [1.165, 1.54) is 0 Å². The van der Waals surface area contributed by atoms with Gasteiger partial charge in [0.05, 0.1) is 0 Å². The monoisotopic (exact) mass is 144 g/mol. The van der Waals surface area contributed by atoms with Crippen LogP contribution < -0.4 is 29.6 Å². The SMILES string of the molecule is [H-].[Na+].[O]=[Mn](=[O])(=[O])[OH]. The first-order valence-electron chi connectivity index (χ1n) is 0.632. The fraction of sp³-hybridized carbons (Fsp3) is 0. The number of rotatable bonds is 0. The topological polar surface area (TPSA) is 71.4 Å². The van der Waals surface area contributed by atoms with Crippen LogP contribution in [0.5, 0.6) is 0 Å². The second-order valence-electron chi connectivity index (χ2n) is 0.396. The van der Waals surface area contributed by atoms with Crippen LogP contribution in [0, 0.1) is 0 Å². The standard InChI is InChI=1S/Mn.Na.H2O.3O.H/h;;1H2;;;;/q2*+1;;;;;-1/p-1. The van der Waals surface area contributed by atoms with Crippen LogP contribution in [0.3, 0.4) is 0 Å². The van der Waals surface area contributed by atoms with Crippen molar-refractivity contribution in [3.8, 4) is 0 Å². The third-order valence-corrected chi connectivity index (χ3v) is 0. The van der Waals surface area contributed by atoms with Gasteiger partial charge in [-0.15, -0.1) is 0 Å². The van der Waals surface area contributed by atoms with E-state index in [4.69, 9.17) is 15.7 Å². The Kier molecular flexibility index (Phi) is 4.92. The molecule has 0 rings (SSSR count). The van der Waals surface area contributed by atoms with E-state index < -0.39 is 13.0 Å². The van der Waals surface area contributed by atoms with E-state index in [1.807, 2.05) is 0 Å². The van der Waals surface area contributed by atoms with Gasteiger partial charge in [0.25, 0.3) is 0 Å². The van der Waals surface area contributed by atoms with E-state index in [2.05, 4.69) is 0 Å². The summed E-state index contributed by atoms with van der Waals surface area (Å²) in [5, 5.41) is 0. The first kappa shape index (κ1) is 9.99. The molecule has 34 valence electrons. The molecule has 0 radical (unpaired) electrons. The Morgan fingerprint density at radius 3 is 1.33 bits per heavy atom. The van der Waals surface area contributed by atoms with Gasteiger partial charge in [0.2, 0.25) is 0 Å². The molecule has 1 N–H and O–H groups in total. The first-order valence-corrected chi connectivity index (χ1v) is 2.61. The van der Waals surface area contributed by atoms with Gasteiger partial charge in [0.15, 0.2) is 0 Å². The molecule has 0 saturated carbocycles. The Morgan fingerprint density at radius 2 is 1.33 bits per heavy atom. The van der Waals surface area contributed by atoms with E-state index in [0.29, 0.717) is 0 Å². The summed E-state index contributed by atoms with van der Waals surface area (Å²) in [6, 6.07) is 0. The van der Waals surface area contributed by atoms with Crippen molar-refractivity contribution in [3.05, 3.63) is 0 Å². The molecule has 0 heterocycles. The van der Waals surface area contributed by atoms with Crippen molar-refractivity contribution in [2.24, 2.45) is 0 Å². The molecule has 0 fully saturated rings. The quantitative estimate of drug-likeness (QED) is 0.354. The molecule has 0 saturated heterocycles. The van der Waals surface area contributed by atoms with E-state index in [-0.39, 0.29) is 31.0 Å². The second kappa shape index (κ2) is 2.96. The van der Waals surface area contributed by atoms with Crippen molar-refractivity contribution < 1.29 is 59.6 Å². The van der Waals surface area contributed by atoms with Gasteiger partial charge in [-0.25, -0.2) is 0 Å². The molecule has 0 amide bonds. The molecule has 4 nitrogen and oxygen atoms in total. The van der Waals surface area contributed by atoms with E-state index >= 15 is 0 Å². The van der Waals surface area contributed by atoms with Gasteiger partial charge in [-0.3, -0.25) is 0 Å². The van der Waals surface area contributed by atoms with E-state index in [9.17, 15) is 0 Å². The van der Waals surface area contributed by atoms with Crippen LogP contribution in [0.25, 0.3) is 0 Å². The maximum absolute atomic E-state index is 8.69. The molecule has 6 heavy (non-hydrogen) atoms. The second-order valence-corrected chi connectivity index (χ2v) is 1.63. The number of hydrogen-bond acceptors (Lipinski definition) is 3. The van der Waals surface area contributed by atoms with Gasteiger partial charge >= 0.3 is 58.2 Å². The third-order valence-electron chi connectivity index (χ3n) is 0. The van der Waals surface area contributed by atoms with Crippen molar-refractivity contribution in [1.82, 2.24) is 0 Å². The summed E-state index contributed by atoms with van der Waals surface area (Å²) in [4.78, 5) is 0. The first-order chi connectivity index (χ1) is 2.00. The average Bonchev–Trinajstić information content (AvgIpc) is 0.722. The minimum atomic E-state index is -5.38. The minimum absolute atomic E-state index is 0. The Bertz CT molecular complexity index is 133. The number of hydrogen-bond donors (Lipinski definition) is 1. The summed E-state index contributed by atoms with van der Waals surface area (Å²) in [5.41, 5.74) is 0. The Balaban J connectivity index is -0.0000000800. The van der Waals surface area contributed by atoms with Gasteiger partial charge in [-0.05, 0) is 0 Å². The zero-order valence-corrected chi connectivity index (χ0v) is 6.23. The van der Waals surface area contributed by atoms with Crippen LogP contribution in [-0.2, 0) is 24.5 Å². The fourth-order valence-electron chi connectivity index (χ4n) is 0.